The number of nitrogens with two attached hydrogens (primary N) is 1. The summed E-state index contributed by atoms with van der Waals surface area (Å²) in [6, 6.07) is 16.0. The minimum absolute atomic E-state index is 0.0798. The lowest BCUT2D eigenvalue weighted by Gasteiger charge is -2.19. The Morgan fingerprint density at radius 2 is 1.74 bits per heavy atom. The van der Waals surface area contributed by atoms with E-state index in [0.29, 0.717) is 11.7 Å². The maximum Gasteiger partial charge on any atom is 0.407 e. The fourth-order valence-electron chi connectivity index (χ4n) is 2.84. The Bertz CT molecular complexity index is 1070. The van der Waals surface area contributed by atoms with Gasteiger partial charge in [-0.2, -0.15) is 0 Å². The Morgan fingerprint density at radius 1 is 1.06 bits per heavy atom. The van der Waals surface area contributed by atoms with Crippen LogP contribution in [0.5, 0.6) is 0 Å². The number of hydrogen-bond acceptors (Lipinski definition) is 6. The standard InChI is InChI=1S/C23H26N4O3S/c1-23(2,3)30-22(29)25-13-15-6-4-7-16(10-15)17-8-5-9-18(11-17)19-14-31-21(26-19)27-20(28)12-24/h4-11,14H,12-13,24H2,1-3H3,(H,25,29)(H,26,27,28). The van der Waals surface area contributed by atoms with Gasteiger partial charge < -0.3 is 21.1 Å². The number of benzene rings is 2. The molecule has 3 aromatic rings. The Balaban J connectivity index is 1.73. The van der Waals surface area contributed by atoms with Crippen molar-refractivity contribution in [1.29, 1.82) is 0 Å². The molecule has 0 atom stereocenters. The predicted molar refractivity (Wildman–Crippen MR) is 124 cm³/mol. The van der Waals surface area contributed by atoms with E-state index in [2.05, 4.69) is 15.6 Å². The van der Waals surface area contributed by atoms with Gasteiger partial charge in [0, 0.05) is 17.5 Å². The highest BCUT2D eigenvalue weighted by Crippen LogP contribution is 2.29. The summed E-state index contributed by atoms with van der Waals surface area (Å²) in [4.78, 5) is 27.8. The molecule has 0 saturated carbocycles. The molecule has 0 fully saturated rings. The first-order valence-electron chi connectivity index (χ1n) is 9.85. The van der Waals surface area contributed by atoms with Crippen LogP contribution in [0, 0.1) is 0 Å². The van der Waals surface area contributed by atoms with Gasteiger partial charge in [-0.1, -0.05) is 36.4 Å². The van der Waals surface area contributed by atoms with E-state index in [1.807, 2.05) is 74.7 Å². The zero-order valence-electron chi connectivity index (χ0n) is 17.8. The van der Waals surface area contributed by atoms with Crippen LogP contribution in [-0.2, 0) is 16.1 Å². The van der Waals surface area contributed by atoms with Crippen molar-refractivity contribution < 1.29 is 14.3 Å². The van der Waals surface area contributed by atoms with E-state index in [1.54, 1.807) is 0 Å². The van der Waals surface area contributed by atoms with E-state index >= 15 is 0 Å². The van der Waals surface area contributed by atoms with Crippen LogP contribution in [0.4, 0.5) is 9.93 Å². The number of thiazole rings is 1. The number of nitrogens with zero attached hydrogens (tertiary/aromatic N) is 1. The second kappa shape index (κ2) is 9.72. The molecular weight excluding hydrogens is 412 g/mol. The number of carbonyl (C=O) groups excluding carboxylic acids is 2. The number of anilines is 1. The van der Waals surface area contributed by atoms with Gasteiger partial charge in [-0.3, -0.25) is 4.79 Å². The number of carbonyl (C=O) groups is 2. The highest BCUT2D eigenvalue weighted by molar-refractivity contribution is 7.14. The second-order valence-corrected chi connectivity index (χ2v) is 8.78. The van der Waals surface area contributed by atoms with Crippen LogP contribution in [-0.4, -0.2) is 29.1 Å². The topological polar surface area (TPSA) is 106 Å². The van der Waals surface area contributed by atoms with E-state index in [9.17, 15) is 9.59 Å². The first kappa shape index (κ1) is 22.5. The maximum atomic E-state index is 11.9. The minimum atomic E-state index is -0.533. The molecule has 4 N–H and O–H groups in total. The second-order valence-electron chi connectivity index (χ2n) is 7.93. The summed E-state index contributed by atoms with van der Waals surface area (Å²) in [5.41, 5.74) is 9.54. The molecule has 0 spiro atoms. The smallest absolute Gasteiger partial charge is 0.407 e. The number of nitrogens with one attached hydrogen (secondary N) is 2. The monoisotopic (exact) mass is 438 g/mol. The van der Waals surface area contributed by atoms with Crippen LogP contribution >= 0.6 is 11.3 Å². The SMILES string of the molecule is CC(C)(C)OC(=O)NCc1cccc(-c2cccc(-c3csc(NC(=O)CN)n3)c2)c1. The average molecular weight is 439 g/mol. The Kier molecular flexibility index (Phi) is 7.04. The van der Waals surface area contributed by atoms with Crippen molar-refractivity contribution in [2.45, 2.75) is 32.9 Å². The molecule has 0 unspecified atom stereocenters. The third kappa shape index (κ3) is 6.63. The quantitative estimate of drug-likeness (QED) is 0.529. The number of alkyl carbamates (subject to hydrolysis) is 1. The van der Waals surface area contributed by atoms with Crippen molar-refractivity contribution >= 4 is 28.5 Å². The van der Waals surface area contributed by atoms with E-state index in [0.717, 1.165) is 27.9 Å². The minimum Gasteiger partial charge on any atom is -0.444 e. The molecule has 0 aliphatic rings. The molecule has 0 aliphatic carbocycles. The first-order chi connectivity index (χ1) is 14.7. The lowest BCUT2D eigenvalue weighted by atomic mass is 10.0. The number of amides is 2. The summed E-state index contributed by atoms with van der Waals surface area (Å²) in [5.74, 6) is -0.272. The van der Waals surface area contributed by atoms with Gasteiger partial charge in [0.05, 0.1) is 12.2 Å². The molecular formula is C23H26N4O3S. The van der Waals surface area contributed by atoms with Gasteiger partial charge in [-0.15, -0.1) is 11.3 Å². The maximum absolute atomic E-state index is 11.9. The fraction of sp³-hybridized carbons (Fsp3) is 0.261. The number of rotatable bonds is 6. The molecule has 1 aromatic heterocycles. The zero-order valence-corrected chi connectivity index (χ0v) is 18.6. The zero-order chi connectivity index (χ0) is 22.4. The summed E-state index contributed by atoms with van der Waals surface area (Å²) in [6.07, 6.45) is -0.444. The van der Waals surface area contributed by atoms with Crippen molar-refractivity contribution in [3.63, 3.8) is 0 Å². The van der Waals surface area contributed by atoms with Gasteiger partial charge in [0.25, 0.3) is 0 Å². The molecule has 0 aliphatic heterocycles. The lowest BCUT2D eigenvalue weighted by Crippen LogP contribution is -2.32. The highest BCUT2D eigenvalue weighted by Gasteiger charge is 2.15. The molecule has 1 heterocycles. The summed E-state index contributed by atoms with van der Waals surface area (Å²) in [7, 11) is 0. The van der Waals surface area contributed by atoms with Crippen LogP contribution in [0.1, 0.15) is 26.3 Å². The van der Waals surface area contributed by atoms with Crippen molar-refractivity contribution in [3.05, 3.63) is 59.5 Å². The number of aromatic nitrogens is 1. The summed E-state index contributed by atoms with van der Waals surface area (Å²) >= 11 is 1.35. The van der Waals surface area contributed by atoms with Crippen molar-refractivity contribution in [2.75, 3.05) is 11.9 Å². The normalized spacial score (nSPS) is 11.1. The highest BCUT2D eigenvalue weighted by atomic mass is 32.1. The van der Waals surface area contributed by atoms with Crippen LogP contribution in [0.25, 0.3) is 22.4 Å². The molecule has 7 nitrogen and oxygen atoms in total. The lowest BCUT2D eigenvalue weighted by molar-refractivity contribution is -0.114. The third-order valence-electron chi connectivity index (χ3n) is 4.19. The van der Waals surface area contributed by atoms with E-state index in [4.69, 9.17) is 10.5 Å². The van der Waals surface area contributed by atoms with Gasteiger partial charge in [0.2, 0.25) is 5.91 Å². The fourth-order valence-corrected chi connectivity index (χ4v) is 3.58. The Morgan fingerprint density at radius 3 is 2.45 bits per heavy atom. The van der Waals surface area contributed by atoms with Gasteiger partial charge in [-0.25, -0.2) is 9.78 Å². The van der Waals surface area contributed by atoms with Gasteiger partial charge >= 0.3 is 6.09 Å². The Hall–Kier alpha value is -3.23. The van der Waals surface area contributed by atoms with Crippen molar-refractivity contribution in [3.8, 4) is 22.4 Å². The van der Waals surface area contributed by atoms with Crippen LogP contribution in [0.2, 0.25) is 0 Å². The van der Waals surface area contributed by atoms with E-state index < -0.39 is 11.7 Å². The van der Waals surface area contributed by atoms with Gasteiger partial charge in [0.15, 0.2) is 5.13 Å². The molecule has 8 heteroatoms. The Labute approximate surface area is 185 Å². The predicted octanol–water partition coefficient (Wildman–Crippen LogP) is 4.40. The van der Waals surface area contributed by atoms with Crippen LogP contribution < -0.4 is 16.4 Å². The van der Waals surface area contributed by atoms with Crippen molar-refractivity contribution in [1.82, 2.24) is 10.3 Å². The molecule has 162 valence electrons. The molecule has 2 aromatic carbocycles. The van der Waals surface area contributed by atoms with Crippen LogP contribution in [0.3, 0.4) is 0 Å². The molecule has 0 saturated heterocycles. The summed E-state index contributed by atoms with van der Waals surface area (Å²) in [5, 5.41) is 7.87. The first-order valence-corrected chi connectivity index (χ1v) is 10.7. The average Bonchev–Trinajstić information content (AvgIpc) is 3.20. The molecule has 2 amide bonds. The van der Waals surface area contributed by atoms with Gasteiger partial charge in [0.1, 0.15) is 5.60 Å². The van der Waals surface area contributed by atoms with E-state index in [1.165, 1.54) is 11.3 Å². The summed E-state index contributed by atoms with van der Waals surface area (Å²) < 4.78 is 5.28. The molecule has 0 bridgehead atoms. The molecule has 0 radical (unpaired) electrons. The van der Waals surface area contributed by atoms with E-state index in [-0.39, 0.29) is 12.5 Å². The number of ether oxygens (including phenoxy) is 1. The largest absolute Gasteiger partial charge is 0.444 e. The third-order valence-corrected chi connectivity index (χ3v) is 4.95. The summed E-state index contributed by atoms with van der Waals surface area (Å²) in [6.45, 7) is 5.79. The molecule has 31 heavy (non-hydrogen) atoms. The molecule has 3 rings (SSSR count). The van der Waals surface area contributed by atoms with Crippen LogP contribution in [0.15, 0.2) is 53.9 Å². The van der Waals surface area contributed by atoms with Gasteiger partial charge in [-0.05, 0) is 49.6 Å². The number of hydrogen-bond donors (Lipinski definition) is 3. The van der Waals surface area contributed by atoms with Crippen molar-refractivity contribution in [2.24, 2.45) is 5.73 Å².